The van der Waals surface area contributed by atoms with Crippen molar-refractivity contribution in [3.05, 3.63) is 42.1 Å². The van der Waals surface area contributed by atoms with Gasteiger partial charge in [0, 0.05) is 37.5 Å². The Labute approximate surface area is 242 Å². The first-order valence-corrected chi connectivity index (χ1v) is 14.7. The molecule has 2 fully saturated rings. The number of nitrogens with one attached hydrogen (secondary N) is 1. The summed E-state index contributed by atoms with van der Waals surface area (Å²) in [7, 11) is -3.46. The summed E-state index contributed by atoms with van der Waals surface area (Å²) in [6.45, 7) is -0.246. The summed E-state index contributed by atoms with van der Waals surface area (Å²) in [5.41, 5.74) is -3.04. The second kappa shape index (κ2) is 11.5. The van der Waals surface area contributed by atoms with Gasteiger partial charge in [-0.25, -0.2) is 27.2 Å². The number of benzene rings is 1. The number of rotatable bonds is 6. The lowest BCUT2D eigenvalue weighted by molar-refractivity contribution is -0.117. The van der Waals surface area contributed by atoms with Crippen LogP contribution in [0.2, 0.25) is 0 Å². The first kappa shape index (κ1) is 32.3. The van der Waals surface area contributed by atoms with Gasteiger partial charge in [-0.05, 0) is 45.0 Å². The smallest absolute Gasteiger partial charge is 0.442 e. The second-order valence-electron chi connectivity index (χ2n) is 11.2. The van der Waals surface area contributed by atoms with Crippen LogP contribution < -0.4 is 15.0 Å². The first-order valence-electron chi connectivity index (χ1n) is 12.7. The van der Waals surface area contributed by atoms with E-state index < -0.39 is 94.2 Å². The van der Waals surface area contributed by atoms with Crippen molar-refractivity contribution in [2.24, 2.45) is 4.36 Å². The molecule has 4 rings (SSSR count). The number of nitrogens with zero attached hydrogens (tertiary/aromatic N) is 3. The number of ether oxygens (including phenoxy) is 3. The molecular formula is C26H28F6N4O6S. The molecule has 2 unspecified atom stereocenters. The number of amides is 2. The lowest BCUT2D eigenvalue weighted by Crippen LogP contribution is -2.40. The SMILES string of the molecule is CC(C)(C)OC(=O)N=[S@](C)(=O)c1cc(NC(=O)C2CC3(CN2c2ccc(F)c(F)c2OC(F)F)CC(F)(F)CO3)ccn1. The number of carbonyl (C=O) groups excluding carboxylic acids is 2. The maximum absolute atomic E-state index is 14.6. The van der Waals surface area contributed by atoms with Gasteiger partial charge in [-0.3, -0.25) is 4.79 Å². The Kier molecular flexibility index (Phi) is 8.63. The van der Waals surface area contributed by atoms with Gasteiger partial charge in [-0.1, -0.05) is 0 Å². The van der Waals surface area contributed by atoms with Gasteiger partial charge in [-0.15, -0.1) is 4.36 Å². The minimum Gasteiger partial charge on any atom is -0.442 e. The lowest BCUT2D eigenvalue weighted by atomic mass is 9.95. The highest BCUT2D eigenvalue weighted by atomic mass is 32.2. The molecule has 0 radical (unpaired) electrons. The second-order valence-corrected chi connectivity index (χ2v) is 13.4. The molecule has 1 aromatic carbocycles. The predicted molar refractivity (Wildman–Crippen MR) is 141 cm³/mol. The zero-order valence-corrected chi connectivity index (χ0v) is 24.2. The molecule has 1 N–H and O–H groups in total. The van der Waals surface area contributed by atoms with Gasteiger partial charge in [0.1, 0.15) is 33.0 Å². The van der Waals surface area contributed by atoms with Gasteiger partial charge in [0.05, 0.1) is 11.3 Å². The van der Waals surface area contributed by atoms with Crippen LogP contribution in [0.5, 0.6) is 5.75 Å². The summed E-state index contributed by atoms with van der Waals surface area (Å²) >= 11 is 0. The Bertz CT molecular complexity index is 1540. The summed E-state index contributed by atoms with van der Waals surface area (Å²) in [6, 6.07) is 2.54. The quantitative estimate of drug-likeness (QED) is 0.420. The van der Waals surface area contributed by atoms with Gasteiger partial charge in [0.15, 0.2) is 11.6 Å². The maximum Gasteiger partial charge on any atom is 0.442 e. The van der Waals surface area contributed by atoms with Crippen molar-refractivity contribution >= 4 is 33.1 Å². The van der Waals surface area contributed by atoms with Crippen LogP contribution in [0.1, 0.15) is 33.6 Å². The largest absolute Gasteiger partial charge is 0.442 e. The average molecular weight is 639 g/mol. The Balaban J connectivity index is 1.67. The molecule has 2 saturated heterocycles. The summed E-state index contributed by atoms with van der Waals surface area (Å²) in [5.74, 6) is -8.63. The van der Waals surface area contributed by atoms with E-state index in [4.69, 9.17) is 9.47 Å². The monoisotopic (exact) mass is 638 g/mol. The van der Waals surface area contributed by atoms with Crippen LogP contribution in [-0.2, 0) is 24.0 Å². The molecule has 2 aromatic rings. The van der Waals surface area contributed by atoms with Gasteiger partial charge >= 0.3 is 12.7 Å². The fourth-order valence-corrected chi connectivity index (χ4v) is 5.86. The number of halogens is 6. The summed E-state index contributed by atoms with van der Waals surface area (Å²) in [6.07, 6.45) is -0.0172. The molecule has 2 amide bonds. The molecule has 0 saturated carbocycles. The summed E-state index contributed by atoms with van der Waals surface area (Å²) in [4.78, 5) is 30.6. The standard InChI is InChI=1S/C26H28F6N4O6S/c1-24(2,3)42-23(38)35-43(4,39)18-9-14(7-8-33-18)34-21(37)17-10-25(11-26(31,32)13-40-25)12-36(17)16-6-5-15(27)19(28)20(16)41-22(29)30/h5-9,17,22H,10-13H2,1-4H3,(H,33,34,37)/t17?,25?,43-/m1/s1. The minimum atomic E-state index is -3.57. The highest BCUT2D eigenvalue weighted by molar-refractivity contribution is 7.93. The van der Waals surface area contributed by atoms with E-state index in [1.807, 2.05) is 0 Å². The van der Waals surface area contributed by atoms with Crippen molar-refractivity contribution in [2.45, 2.75) is 68.4 Å². The van der Waals surface area contributed by atoms with Crippen LogP contribution in [-0.4, -0.2) is 70.4 Å². The molecule has 3 atom stereocenters. The van der Waals surface area contributed by atoms with Crippen molar-refractivity contribution < 1.29 is 54.4 Å². The molecule has 0 aliphatic carbocycles. The summed E-state index contributed by atoms with van der Waals surface area (Å²) in [5, 5.41) is 2.29. The molecule has 17 heteroatoms. The van der Waals surface area contributed by atoms with Crippen LogP contribution in [0, 0.1) is 11.6 Å². The fraction of sp³-hybridized carbons (Fsp3) is 0.500. The molecule has 1 spiro atoms. The Morgan fingerprint density at radius 3 is 2.53 bits per heavy atom. The van der Waals surface area contributed by atoms with Crippen LogP contribution in [0.4, 0.5) is 42.5 Å². The van der Waals surface area contributed by atoms with E-state index >= 15 is 0 Å². The highest BCUT2D eigenvalue weighted by Gasteiger charge is 2.58. The van der Waals surface area contributed by atoms with E-state index in [9.17, 15) is 40.1 Å². The molecule has 0 bridgehead atoms. The predicted octanol–water partition coefficient (Wildman–Crippen LogP) is 5.36. The zero-order chi connectivity index (χ0) is 32.0. The van der Waals surface area contributed by atoms with E-state index in [2.05, 4.69) is 19.4 Å². The normalized spacial score (nSPS) is 22.9. The van der Waals surface area contributed by atoms with Crippen molar-refractivity contribution in [2.75, 3.05) is 29.6 Å². The van der Waals surface area contributed by atoms with E-state index in [0.29, 0.717) is 6.07 Å². The minimum absolute atomic E-state index is 0.00289. The molecule has 1 aromatic heterocycles. The molecule has 2 aliphatic rings. The third-order valence-corrected chi connectivity index (χ3v) is 7.95. The van der Waals surface area contributed by atoms with Crippen LogP contribution in [0.25, 0.3) is 0 Å². The third-order valence-electron chi connectivity index (χ3n) is 6.45. The van der Waals surface area contributed by atoms with Crippen molar-refractivity contribution in [1.29, 1.82) is 0 Å². The van der Waals surface area contributed by atoms with E-state index in [0.717, 1.165) is 29.5 Å². The third kappa shape index (κ3) is 7.49. The van der Waals surface area contributed by atoms with Crippen molar-refractivity contribution in [3.8, 4) is 5.75 Å². The zero-order valence-electron chi connectivity index (χ0n) is 23.3. The van der Waals surface area contributed by atoms with Crippen LogP contribution >= 0.6 is 0 Å². The Morgan fingerprint density at radius 2 is 1.93 bits per heavy atom. The van der Waals surface area contributed by atoms with Gasteiger partial charge < -0.3 is 24.4 Å². The number of aromatic nitrogens is 1. The highest BCUT2D eigenvalue weighted by Crippen LogP contribution is 2.48. The lowest BCUT2D eigenvalue weighted by Gasteiger charge is -2.28. The van der Waals surface area contributed by atoms with Crippen LogP contribution in [0.15, 0.2) is 39.9 Å². The number of hydrogen-bond donors (Lipinski definition) is 1. The van der Waals surface area contributed by atoms with Crippen LogP contribution in [0.3, 0.4) is 0 Å². The fourth-order valence-electron chi connectivity index (χ4n) is 4.84. The van der Waals surface area contributed by atoms with Crippen molar-refractivity contribution in [1.82, 2.24) is 4.98 Å². The van der Waals surface area contributed by atoms with Gasteiger partial charge in [0.2, 0.25) is 11.7 Å². The number of anilines is 2. The molecule has 2 aliphatic heterocycles. The summed E-state index contributed by atoms with van der Waals surface area (Å²) < 4.78 is 115. The van der Waals surface area contributed by atoms with Crippen molar-refractivity contribution in [3.63, 3.8) is 0 Å². The molecule has 3 heterocycles. The van der Waals surface area contributed by atoms with Gasteiger partial charge in [0.25, 0.3) is 5.92 Å². The number of alkyl halides is 4. The maximum atomic E-state index is 14.6. The number of hydrogen-bond acceptors (Lipinski definition) is 8. The molecular weight excluding hydrogens is 610 g/mol. The molecule has 10 nitrogen and oxygen atoms in total. The van der Waals surface area contributed by atoms with Gasteiger partial charge in [-0.2, -0.15) is 13.2 Å². The molecule has 236 valence electrons. The van der Waals surface area contributed by atoms with E-state index in [-0.39, 0.29) is 17.1 Å². The first-order chi connectivity index (χ1) is 19.8. The average Bonchev–Trinajstić information content (AvgIpc) is 3.38. The number of carbonyl (C=O) groups is 2. The topological polar surface area (TPSA) is 119 Å². The van der Waals surface area contributed by atoms with E-state index in [1.165, 1.54) is 6.07 Å². The Hall–Kier alpha value is -3.60. The Morgan fingerprint density at radius 1 is 1.23 bits per heavy atom. The molecule has 43 heavy (non-hydrogen) atoms. The van der Waals surface area contributed by atoms with E-state index in [1.54, 1.807) is 20.8 Å². The number of pyridine rings is 1.